The molecule has 0 aromatic heterocycles. The summed E-state index contributed by atoms with van der Waals surface area (Å²) in [6.07, 6.45) is -5.10. The Morgan fingerprint density at radius 1 is 1.10 bits per heavy atom. The summed E-state index contributed by atoms with van der Waals surface area (Å²) in [6, 6.07) is 13.7. The van der Waals surface area contributed by atoms with Gasteiger partial charge in [0.05, 0.1) is 30.9 Å². The normalized spacial score (nSPS) is 25.7. The van der Waals surface area contributed by atoms with Crippen LogP contribution in [0.2, 0.25) is 0 Å². The summed E-state index contributed by atoms with van der Waals surface area (Å²) >= 11 is 0. The standard InChI is InChI=1S/C22H22F3NO5/c23-22(24,25)31-19-8-4-7-16(9-19)21(28)10-17-13-29-14-18(11-21)26(17)20(27)30-12-15-5-2-1-3-6-15/h1-9,17-18,28H,10-14H2. The van der Waals surface area contributed by atoms with Gasteiger partial charge in [-0.05, 0) is 23.3 Å². The summed E-state index contributed by atoms with van der Waals surface area (Å²) in [6.45, 7) is 0.535. The molecule has 4 rings (SSSR count). The van der Waals surface area contributed by atoms with Crippen molar-refractivity contribution in [2.75, 3.05) is 13.2 Å². The molecule has 1 amide bonds. The van der Waals surface area contributed by atoms with Crippen LogP contribution in [0.25, 0.3) is 0 Å². The van der Waals surface area contributed by atoms with Gasteiger partial charge in [-0.15, -0.1) is 13.2 Å². The van der Waals surface area contributed by atoms with Gasteiger partial charge in [0.1, 0.15) is 12.4 Å². The smallest absolute Gasteiger partial charge is 0.445 e. The number of nitrogens with zero attached hydrogens (tertiary/aromatic N) is 1. The molecule has 166 valence electrons. The average Bonchev–Trinajstić information content (AvgIpc) is 2.71. The molecular formula is C22H22F3NO5. The molecule has 6 nitrogen and oxygen atoms in total. The minimum absolute atomic E-state index is 0.111. The molecule has 2 bridgehead atoms. The number of fused-ring (bicyclic) bond motifs is 2. The maximum absolute atomic E-state index is 12.8. The molecule has 0 aliphatic carbocycles. The maximum Gasteiger partial charge on any atom is 0.573 e. The Balaban J connectivity index is 1.49. The number of benzene rings is 2. The van der Waals surface area contributed by atoms with E-state index < -0.39 is 35.9 Å². The molecule has 0 radical (unpaired) electrons. The van der Waals surface area contributed by atoms with Gasteiger partial charge in [0, 0.05) is 12.8 Å². The number of alkyl halides is 3. The van der Waals surface area contributed by atoms with Crippen molar-refractivity contribution in [3.8, 4) is 5.75 Å². The van der Waals surface area contributed by atoms with Crippen LogP contribution in [0.5, 0.6) is 5.75 Å². The molecule has 2 aromatic rings. The lowest BCUT2D eigenvalue weighted by Gasteiger charge is -2.51. The number of piperidine rings is 1. The van der Waals surface area contributed by atoms with Crippen LogP contribution in [0.15, 0.2) is 54.6 Å². The van der Waals surface area contributed by atoms with Crippen LogP contribution in [0.3, 0.4) is 0 Å². The molecule has 31 heavy (non-hydrogen) atoms. The molecule has 2 heterocycles. The van der Waals surface area contributed by atoms with E-state index in [0.717, 1.165) is 5.56 Å². The van der Waals surface area contributed by atoms with Gasteiger partial charge in [-0.1, -0.05) is 42.5 Å². The summed E-state index contributed by atoms with van der Waals surface area (Å²) in [5, 5.41) is 11.3. The lowest BCUT2D eigenvalue weighted by atomic mass is 9.77. The predicted molar refractivity (Wildman–Crippen MR) is 103 cm³/mol. The third-order valence-corrected chi connectivity index (χ3v) is 5.57. The van der Waals surface area contributed by atoms with E-state index in [1.165, 1.54) is 18.2 Å². The third kappa shape index (κ3) is 4.94. The minimum atomic E-state index is -4.82. The zero-order valence-corrected chi connectivity index (χ0v) is 16.5. The Labute approximate surface area is 177 Å². The van der Waals surface area contributed by atoms with Crippen LogP contribution in [0.1, 0.15) is 24.0 Å². The Morgan fingerprint density at radius 2 is 1.77 bits per heavy atom. The second-order valence-corrected chi connectivity index (χ2v) is 7.81. The maximum atomic E-state index is 12.8. The van der Waals surface area contributed by atoms with Gasteiger partial charge in [-0.3, -0.25) is 4.90 Å². The number of amides is 1. The number of hydrogen-bond donors (Lipinski definition) is 1. The molecule has 2 saturated heterocycles. The fourth-order valence-corrected chi connectivity index (χ4v) is 4.29. The van der Waals surface area contributed by atoms with E-state index in [1.54, 1.807) is 11.0 Å². The van der Waals surface area contributed by atoms with Crippen molar-refractivity contribution in [2.24, 2.45) is 0 Å². The highest BCUT2D eigenvalue weighted by molar-refractivity contribution is 5.69. The molecule has 2 aromatic carbocycles. The summed E-state index contributed by atoms with van der Waals surface area (Å²) in [5.41, 5.74) is -0.254. The van der Waals surface area contributed by atoms with Crippen molar-refractivity contribution >= 4 is 6.09 Å². The van der Waals surface area contributed by atoms with E-state index in [2.05, 4.69) is 4.74 Å². The zero-order valence-electron chi connectivity index (χ0n) is 16.5. The van der Waals surface area contributed by atoms with Crippen molar-refractivity contribution in [1.82, 2.24) is 4.90 Å². The number of carbonyl (C=O) groups excluding carboxylic acids is 1. The fourth-order valence-electron chi connectivity index (χ4n) is 4.29. The number of rotatable bonds is 4. The summed E-state index contributed by atoms with van der Waals surface area (Å²) in [5.74, 6) is -0.399. The first kappa shape index (κ1) is 21.5. The average molecular weight is 437 g/mol. The van der Waals surface area contributed by atoms with Crippen molar-refractivity contribution in [3.05, 3.63) is 65.7 Å². The van der Waals surface area contributed by atoms with E-state index in [0.29, 0.717) is 5.56 Å². The molecule has 2 aliphatic rings. The van der Waals surface area contributed by atoms with Gasteiger partial charge in [0.2, 0.25) is 0 Å². The van der Waals surface area contributed by atoms with Crippen molar-refractivity contribution in [3.63, 3.8) is 0 Å². The highest BCUT2D eigenvalue weighted by Crippen LogP contribution is 2.42. The Morgan fingerprint density at radius 3 is 2.42 bits per heavy atom. The van der Waals surface area contributed by atoms with Gasteiger partial charge >= 0.3 is 12.5 Å². The first-order valence-electron chi connectivity index (χ1n) is 9.89. The molecule has 0 saturated carbocycles. The van der Waals surface area contributed by atoms with Crippen molar-refractivity contribution in [1.29, 1.82) is 0 Å². The third-order valence-electron chi connectivity index (χ3n) is 5.57. The van der Waals surface area contributed by atoms with Crippen LogP contribution in [0.4, 0.5) is 18.0 Å². The Kier molecular flexibility index (Phi) is 5.81. The monoisotopic (exact) mass is 437 g/mol. The van der Waals surface area contributed by atoms with E-state index >= 15 is 0 Å². The summed E-state index contributed by atoms with van der Waals surface area (Å²) < 4.78 is 52.7. The number of ether oxygens (including phenoxy) is 3. The largest absolute Gasteiger partial charge is 0.573 e. The van der Waals surface area contributed by atoms with Gasteiger partial charge in [0.15, 0.2) is 0 Å². The van der Waals surface area contributed by atoms with Crippen molar-refractivity contribution in [2.45, 2.75) is 43.5 Å². The number of halogens is 3. The number of aliphatic hydroxyl groups is 1. The molecule has 1 N–H and O–H groups in total. The fraction of sp³-hybridized carbons (Fsp3) is 0.409. The van der Waals surface area contributed by atoms with Crippen LogP contribution in [-0.4, -0.2) is 47.8 Å². The van der Waals surface area contributed by atoms with Gasteiger partial charge in [-0.25, -0.2) is 4.79 Å². The highest BCUT2D eigenvalue weighted by atomic mass is 19.4. The molecule has 2 unspecified atom stereocenters. The number of hydrogen-bond acceptors (Lipinski definition) is 5. The lowest BCUT2D eigenvalue weighted by molar-refractivity contribution is -0.274. The van der Waals surface area contributed by atoms with E-state index in [4.69, 9.17) is 9.47 Å². The van der Waals surface area contributed by atoms with E-state index in [-0.39, 0.29) is 32.7 Å². The molecule has 2 atom stereocenters. The Hall–Kier alpha value is -2.78. The second kappa shape index (κ2) is 8.39. The predicted octanol–water partition coefficient (Wildman–Crippen LogP) is 3.97. The molecule has 2 fully saturated rings. The van der Waals surface area contributed by atoms with Gasteiger partial charge in [0.25, 0.3) is 0 Å². The summed E-state index contributed by atoms with van der Waals surface area (Å²) in [7, 11) is 0. The first-order valence-corrected chi connectivity index (χ1v) is 9.89. The topological polar surface area (TPSA) is 68.2 Å². The van der Waals surface area contributed by atoms with Crippen LogP contribution in [0, 0.1) is 0 Å². The minimum Gasteiger partial charge on any atom is -0.445 e. The number of morpholine rings is 1. The molecule has 2 aliphatic heterocycles. The lowest BCUT2D eigenvalue weighted by Crippen LogP contribution is -2.62. The zero-order chi connectivity index (χ0) is 22.1. The molecule has 0 spiro atoms. The number of carbonyl (C=O) groups is 1. The van der Waals surface area contributed by atoms with Gasteiger partial charge in [-0.2, -0.15) is 0 Å². The van der Waals surface area contributed by atoms with Crippen LogP contribution >= 0.6 is 0 Å². The quantitative estimate of drug-likeness (QED) is 0.784. The van der Waals surface area contributed by atoms with Crippen LogP contribution < -0.4 is 4.74 Å². The molecule has 9 heteroatoms. The van der Waals surface area contributed by atoms with E-state index in [1.807, 2.05) is 30.3 Å². The highest BCUT2D eigenvalue weighted by Gasteiger charge is 2.49. The summed E-state index contributed by atoms with van der Waals surface area (Å²) in [4.78, 5) is 14.3. The van der Waals surface area contributed by atoms with Gasteiger partial charge < -0.3 is 19.3 Å². The van der Waals surface area contributed by atoms with Crippen molar-refractivity contribution < 1.29 is 37.3 Å². The molecular weight excluding hydrogens is 415 g/mol. The van der Waals surface area contributed by atoms with E-state index in [9.17, 15) is 23.1 Å². The first-order chi connectivity index (χ1) is 14.7. The van der Waals surface area contributed by atoms with Crippen LogP contribution in [-0.2, 0) is 21.7 Å². The Bertz CT molecular complexity index is 907. The second-order valence-electron chi connectivity index (χ2n) is 7.81. The SMILES string of the molecule is O=C(OCc1ccccc1)N1C2COCC1CC(O)(c1cccc(OC(F)(F)F)c1)C2.